The summed E-state index contributed by atoms with van der Waals surface area (Å²) in [6, 6.07) is 6.81. The second-order valence-corrected chi connectivity index (χ2v) is 4.85. The molecule has 1 nitrogen and oxygen atoms in total. The predicted molar refractivity (Wildman–Crippen MR) is 61.8 cm³/mol. The highest BCUT2D eigenvalue weighted by Gasteiger charge is 2.23. The molecule has 14 heavy (non-hydrogen) atoms. The maximum atomic E-state index is 3.59. The first kappa shape index (κ1) is 9.57. The van der Waals surface area contributed by atoms with Gasteiger partial charge in [-0.2, -0.15) is 0 Å². The van der Waals surface area contributed by atoms with Crippen molar-refractivity contribution in [1.82, 2.24) is 0 Å². The fourth-order valence-corrected chi connectivity index (χ4v) is 2.07. The second-order valence-electron chi connectivity index (χ2n) is 4.85. The lowest BCUT2D eigenvalue weighted by molar-refractivity contribution is 0.502. The zero-order valence-electron chi connectivity index (χ0n) is 9.35. The van der Waals surface area contributed by atoms with Gasteiger partial charge in [0.15, 0.2) is 0 Å². The van der Waals surface area contributed by atoms with Gasteiger partial charge < -0.3 is 5.32 Å². The molecule has 1 aliphatic heterocycles. The van der Waals surface area contributed by atoms with Crippen molar-refractivity contribution in [3.63, 3.8) is 0 Å². The molecule has 1 aromatic rings. The fraction of sp³-hybridized carbons (Fsp3) is 0.538. The number of hydrogen-bond donors (Lipinski definition) is 1. The molecule has 0 amide bonds. The normalized spacial score (nSPS) is 18.5. The summed E-state index contributed by atoms with van der Waals surface area (Å²) >= 11 is 0. The van der Waals surface area contributed by atoms with E-state index in [9.17, 15) is 0 Å². The third-order valence-corrected chi connectivity index (χ3v) is 3.07. The minimum Gasteiger partial charge on any atom is -0.380 e. The van der Waals surface area contributed by atoms with E-state index < -0.39 is 0 Å². The molecule has 1 aliphatic rings. The lowest BCUT2D eigenvalue weighted by atomic mass is 9.88. The predicted octanol–water partition coefficient (Wildman–Crippen LogP) is 3.39. The molecule has 0 spiro atoms. The summed E-state index contributed by atoms with van der Waals surface area (Å²) in [5, 5.41) is 3.59. The van der Waals surface area contributed by atoms with Crippen LogP contribution in [0.25, 0.3) is 0 Å². The number of anilines is 1. The van der Waals surface area contributed by atoms with Crippen molar-refractivity contribution >= 4 is 5.69 Å². The first-order valence-corrected chi connectivity index (χ1v) is 5.51. The average Bonchev–Trinajstić information content (AvgIpc) is 2.16. The summed E-state index contributed by atoms with van der Waals surface area (Å²) < 4.78 is 0. The summed E-state index contributed by atoms with van der Waals surface area (Å²) in [5.74, 6) is 0. The monoisotopic (exact) mass is 189 g/mol. The largest absolute Gasteiger partial charge is 0.380 e. The van der Waals surface area contributed by atoms with Crippen LogP contribution in [0.1, 0.15) is 38.3 Å². The van der Waals surface area contributed by atoms with Gasteiger partial charge >= 0.3 is 0 Å². The molecule has 0 unspecified atom stereocenters. The molecule has 0 fully saturated rings. The van der Waals surface area contributed by atoms with Gasteiger partial charge in [0.25, 0.3) is 0 Å². The van der Waals surface area contributed by atoms with Gasteiger partial charge in [-0.25, -0.2) is 0 Å². The van der Waals surface area contributed by atoms with Gasteiger partial charge in [0.1, 0.15) is 0 Å². The van der Waals surface area contributed by atoms with Gasteiger partial charge in [0, 0.05) is 11.2 Å². The lowest BCUT2D eigenvalue weighted by Crippen LogP contribution is -2.35. The average molecular weight is 189 g/mol. The molecule has 1 N–H and O–H groups in total. The van der Waals surface area contributed by atoms with Crippen LogP contribution in [-0.2, 0) is 12.8 Å². The highest BCUT2D eigenvalue weighted by molar-refractivity contribution is 5.56. The molecule has 1 heterocycles. The van der Waals surface area contributed by atoms with Crippen LogP contribution >= 0.6 is 0 Å². The molecule has 0 radical (unpaired) electrons. The Hall–Kier alpha value is -0.980. The minimum atomic E-state index is 0.265. The lowest BCUT2D eigenvalue weighted by Gasteiger charge is -2.34. The molecule has 76 valence electrons. The van der Waals surface area contributed by atoms with Crippen LogP contribution in [0.15, 0.2) is 18.2 Å². The minimum absolute atomic E-state index is 0.265. The van der Waals surface area contributed by atoms with E-state index in [0.29, 0.717) is 0 Å². The highest BCUT2D eigenvalue weighted by Crippen LogP contribution is 2.30. The summed E-state index contributed by atoms with van der Waals surface area (Å²) in [6.07, 6.45) is 3.58. The number of hydrogen-bond acceptors (Lipinski definition) is 1. The maximum Gasteiger partial charge on any atom is 0.0377 e. The maximum absolute atomic E-state index is 3.59. The van der Waals surface area contributed by atoms with Gasteiger partial charge in [-0.15, -0.1) is 0 Å². The van der Waals surface area contributed by atoms with Crippen LogP contribution in [0.2, 0.25) is 0 Å². The molecule has 0 atom stereocenters. The van der Waals surface area contributed by atoms with Gasteiger partial charge in [-0.3, -0.25) is 0 Å². The smallest absolute Gasteiger partial charge is 0.0377 e. The third kappa shape index (κ3) is 1.77. The Labute approximate surface area is 86.5 Å². The molecule has 1 heteroatoms. The number of rotatable bonds is 1. The molecule has 0 saturated carbocycles. The second kappa shape index (κ2) is 3.30. The van der Waals surface area contributed by atoms with Crippen LogP contribution in [0.3, 0.4) is 0 Å². The van der Waals surface area contributed by atoms with Crippen molar-refractivity contribution in [2.45, 2.75) is 45.6 Å². The first-order valence-electron chi connectivity index (χ1n) is 5.51. The number of fused-ring (bicyclic) bond motifs is 1. The van der Waals surface area contributed by atoms with E-state index in [2.05, 4.69) is 44.3 Å². The van der Waals surface area contributed by atoms with E-state index >= 15 is 0 Å². The van der Waals surface area contributed by atoms with Gasteiger partial charge in [0.2, 0.25) is 0 Å². The Morgan fingerprint density at radius 2 is 2.14 bits per heavy atom. The third-order valence-electron chi connectivity index (χ3n) is 3.07. The van der Waals surface area contributed by atoms with Crippen molar-refractivity contribution in [3.05, 3.63) is 29.3 Å². The van der Waals surface area contributed by atoms with E-state index in [-0.39, 0.29) is 5.54 Å². The topological polar surface area (TPSA) is 12.0 Å². The van der Waals surface area contributed by atoms with E-state index in [4.69, 9.17) is 0 Å². The van der Waals surface area contributed by atoms with Crippen molar-refractivity contribution in [1.29, 1.82) is 0 Å². The molecule has 0 bridgehead atoms. The zero-order valence-corrected chi connectivity index (χ0v) is 9.35. The van der Waals surface area contributed by atoms with Gasteiger partial charge in [-0.05, 0) is 50.3 Å². The molecule has 0 aromatic heterocycles. The van der Waals surface area contributed by atoms with E-state index in [1.165, 1.54) is 29.7 Å². The quantitative estimate of drug-likeness (QED) is 0.714. The Kier molecular flexibility index (Phi) is 2.26. The molecule has 1 aromatic carbocycles. The van der Waals surface area contributed by atoms with Gasteiger partial charge in [-0.1, -0.05) is 19.1 Å². The van der Waals surface area contributed by atoms with Crippen LogP contribution in [0.4, 0.5) is 5.69 Å². The zero-order chi connectivity index (χ0) is 10.2. The molecular weight excluding hydrogens is 170 g/mol. The number of benzene rings is 1. The Bertz CT molecular complexity index is 339. The Balaban J connectivity index is 2.32. The van der Waals surface area contributed by atoms with Crippen LogP contribution < -0.4 is 5.32 Å². The summed E-state index contributed by atoms with van der Waals surface area (Å²) in [5.41, 5.74) is 4.54. The summed E-state index contributed by atoms with van der Waals surface area (Å²) in [7, 11) is 0. The van der Waals surface area contributed by atoms with Crippen molar-refractivity contribution in [3.8, 4) is 0 Å². The molecular formula is C13H19N. The highest BCUT2D eigenvalue weighted by atomic mass is 15.0. The molecule has 2 rings (SSSR count). The summed E-state index contributed by atoms with van der Waals surface area (Å²) in [4.78, 5) is 0. The van der Waals surface area contributed by atoms with E-state index in [1.54, 1.807) is 0 Å². The van der Waals surface area contributed by atoms with Crippen LogP contribution in [0.5, 0.6) is 0 Å². The van der Waals surface area contributed by atoms with Crippen LogP contribution in [0, 0.1) is 0 Å². The van der Waals surface area contributed by atoms with Gasteiger partial charge in [0.05, 0.1) is 0 Å². The molecule has 0 aliphatic carbocycles. The molecule has 0 saturated heterocycles. The standard InChI is InChI=1S/C13H19N/c1-4-10-5-6-12-11(9-10)7-8-13(2,3)14-12/h5-6,9,14H,4,7-8H2,1-3H3. The number of nitrogens with one attached hydrogen (secondary N) is 1. The van der Waals surface area contributed by atoms with Crippen molar-refractivity contribution < 1.29 is 0 Å². The van der Waals surface area contributed by atoms with E-state index in [0.717, 1.165) is 6.42 Å². The number of aryl methyl sites for hydroxylation is 2. The summed E-state index contributed by atoms with van der Waals surface area (Å²) in [6.45, 7) is 6.75. The van der Waals surface area contributed by atoms with Crippen molar-refractivity contribution in [2.75, 3.05) is 5.32 Å². The Morgan fingerprint density at radius 3 is 2.86 bits per heavy atom. The Morgan fingerprint density at radius 1 is 1.36 bits per heavy atom. The van der Waals surface area contributed by atoms with Crippen LogP contribution in [-0.4, -0.2) is 5.54 Å². The fourth-order valence-electron chi connectivity index (χ4n) is 2.07. The first-order chi connectivity index (χ1) is 6.61. The van der Waals surface area contributed by atoms with Crippen molar-refractivity contribution in [2.24, 2.45) is 0 Å². The van der Waals surface area contributed by atoms with E-state index in [1.807, 2.05) is 0 Å². The SMILES string of the molecule is CCc1ccc2c(c1)CCC(C)(C)N2.